The first-order valence-corrected chi connectivity index (χ1v) is 20.6. The summed E-state index contributed by atoms with van der Waals surface area (Å²) >= 11 is 3.49. The molecule has 0 spiro atoms. The van der Waals surface area contributed by atoms with Crippen LogP contribution in [-0.2, 0) is 13.2 Å². The van der Waals surface area contributed by atoms with Crippen LogP contribution >= 0.6 is 15.9 Å². The highest BCUT2D eigenvalue weighted by molar-refractivity contribution is 9.10. The first kappa shape index (κ1) is 41.6. The smallest absolute Gasteiger partial charge is 0.203 e. The Bertz CT molecular complexity index is 1220. The lowest BCUT2D eigenvalue weighted by atomic mass is 10.1. The molecular weight excluding hydrogens is 688 g/mol. The SMILES string of the molecule is CCCCCCCCOc1cc(COc2ccc(OCc3ccc(Br)cc3)cc2)cc(OCCCCCCCC)c1OCCCCCCCC. The van der Waals surface area contributed by atoms with Crippen LogP contribution in [-0.4, -0.2) is 19.8 Å². The van der Waals surface area contributed by atoms with Crippen molar-refractivity contribution in [1.29, 1.82) is 0 Å². The Kier molecular flexibility index (Phi) is 22.3. The van der Waals surface area contributed by atoms with Crippen molar-refractivity contribution in [2.75, 3.05) is 19.8 Å². The molecule has 0 amide bonds. The van der Waals surface area contributed by atoms with Gasteiger partial charge in [0.15, 0.2) is 11.5 Å². The van der Waals surface area contributed by atoms with E-state index in [4.69, 9.17) is 23.7 Å². The van der Waals surface area contributed by atoms with Gasteiger partial charge in [0, 0.05) is 4.47 Å². The standard InChI is InChI=1S/C44H65BrO5/c1-4-7-10-13-16-19-30-46-42-33-38(36-50-41-28-26-40(27-29-41)49-35-37-22-24-39(45)25-23-37)34-43(47-31-20-17-14-11-8-5-2)44(42)48-32-21-18-15-12-9-6-3/h22-29,33-34H,4-21,30-32,35-36H2,1-3H3. The Labute approximate surface area is 312 Å². The van der Waals surface area contributed by atoms with Crippen molar-refractivity contribution in [3.05, 3.63) is 76.3 Å². The highest BCUT2D eigenvalue weighted by Gasteiger charge is 2.17. The summed E-state index contributed by atoms with van der Waals surface area (Å²) in [5, 5.41) is 0. The van der Waals surface area contributed by atoms with E-state index < -0.39 is 0 Å². The molecule has 0 atom stereocenters. The van der Waals surface area contributed by atoms with Crippen molar-refractivity contribution >= 4 is 15.9 Å². The quantitative estimate of drug-likeness (QED) is 0.0635. The molecule has 0 bridgehead atoms. The summed E-state index contributed by atoms with van der Waals surface area (Å²) in [7, 11) is 0. The van der Waals surface area contributed by atoms with Crippen molar-refractivity contribution in [3.63, 3.8) is 0 Å². The van der Waals surface area contributed by atoms with Gasteiger partial charge >= 0.3 is 0 Å². The number of hydrogen-bond acceptors (Lipinski definition) is 5. The van der Waals surface area contributed by atoms with Crippen LogP contribution < -0.4 is 23.7 Å². The van der Waals surface area contributed by atoms with Gasteiger partial charge in [-0.05, 0) is 78.9 Å². The highest BCUT2D eigenvalue weighted by Crippen LogP contribution is 2.40. The van der Waals surface area contributed by atoms with Crippen molar-refractivity contribution in [3.8, 4) is 28.7 Å². The summed E-state index contributed by atoms with van der Waals surface area (Å²) in [6, 6.07) is 20.2. The molecule has 0 radical (unpaired) electrons. The number of unbranched alkanes of at least 4 members (excludes halogenated alkanes) is 15. The average Bonchev–Trinajstić information content (AvgIpc) is 3.13. The molecule has 0 aliphatic heterocycles. The first-order chi connectivity index (χ1) is 24.6. The lowest BCUT2D eigenvalue weighted by Crippen LogP contribution is -2.08. The molecule has 0 aliphatic rings. The molecule has 278 valence electrons. The Hall–Kier alpha value is -2.86. The minimum atomic E-state index is 0.400. The topological polar surface area (TPSA) is 46.2 Å². The van der Waals surface area contributed by atoms with Gasteiger partial charge in [0.25, 0.3) is 0 Å². The van der Waals surface area contributed by atoms with Crippen LogP contribution in [0.4, 0.5) is 0 Å². The van der Waals surface area contributed by atoms with E-state index >= 15 is 0 Å². The van der Waals surface area contributed by atoms with Crippen molar-refractivity contribution in [2.45, 2.75) is 150 Å². The molecule has 0 aliphatic carbocycles. The largest absolute Gasteiger partial charge is 0.490 e. The third-order valence-electron chi connectivity index (χ3n) is 8.88. The number of benzene rings is 3. The molecule has 0 fully saturated rings. The summed E-state index contributed by atoms with van der Waals surface area (Å²) in [5.74, 6) is 3.86. The molecular formula is C44H65BrO5. The fraction of sp³-hybridized carbons (Fsp3) is 0.591. The summed E-state index contributed by atoms with van der Waals surface area (Å²) in [5.41, 5.74) is 2.13. The molecule has 0 heterocycles. The third-order valence-corrected chi connectivity index (χ3v) is 9.41. The zero-order valence-corrected chi connectivity index (χ0v) is 33.0. The Balaban J connectivity index is 1.68. The van der Waals surface area contributed by atoms with E-state index in [1.54, 1.807) is 0 Å². The second-order valence-corrected chi connectivity index (χ2v) is 14.4. The summed E-state index contributed by atoms with van der Waals surface area (Å²) in [4.78, 5) is 0. The Morgan fingerprint density at radius 2 is 0.780 bits per heavy atom. The molecule has 3 aromatic rings. The van der Waals surface area contributed by atoms with Gasteiger partial charge < -0.3 is 23.7 Å². The molecule has 0 saturated carbocycles. The minimum absolute atomic E-state index is 0.400. The number of ether oxygens (including phenoxy) is 5. The highest BCUT2D eigenvalue weighted by atomic mass is 79.9. The fourth-order valence-electron chi connectivity index (χ4n) is 5.80. The van der Waals surface area contributed by atoms with Crippen LogP contribution in [0.5, 0.6) is 28.7 Å². The minimum Gasteiger partial charge on any atom is -0.490 e. The van der Waals surface area contributed by atoms with Gasteiger partial charge in [-0.25, -0.2) is 0 Å². The molecule has 3 aromatic carbocycles. The summed E-state index contributed by atoms with van der Waals surface area (Å²) in [6.07, 6.45) is 22.0. The maximum Gasteiger partial charge on any atom is 0.203 e. The van der Waals surface area contributed by atoms with Gasteiger partial charge in [-0.15, -0.1) is 0 Å². The van der Waals surface area contributed by atoms with Gasteiger partial charge in [-0.2, -0.15) is 0 Å². The predicted molar refractivity (Wildman–Crippen MR) is 212 cm³/mol. The van der Waals surface area contributed by atoms with E-state index in [-0.39, 0.29) is 0 Å². The average molecular weight is 754 g/mol. The van der Waals surface area contributed by atoms with E-state index in [2.05, 4.69) is 61.0 Å². The maximum absolute atomic E-state index is 6.48. The Morgan fingerprint density at radius 3 is 1.22 bits per heavy atom. The van der Waals surface area contributed by atoms with E-state index in [9.17, 15) is 0 Å². The molecule has 5 nitrogen and oxygen atoms in total. The summed E-state index contributed by atoms with van der Waals surface area (Å²) in [6.45, 7) is 9.70. The molecule has 6 heteroatoms. The molecule has 0 aromatic heterocycles. The van der Waals surface area contributed by atoms with E-state index in [1.807, 2.05) is 36.4 Å². The van der Waals surface area contributed by atoms with Crippen LogP contribution in [0, 0.1) is 0 Å². The van der Waals surface area contributed by atoms with E-state index in [0.29, 0.717) is 33.0 Å². The van der Waals surface area contributed by atoms with Crippen LogP contribution in [0.15, 0.2) is 65.1 Å². The van der Waals surface area contributed by atoms with Gasteiger partial charge in [0.1, 0.15) is 24.7 Å². The normalized spacial score (nSPS) is 11.0. The van der Waals surface area contributed by atoms with E-state index in [1.165, 1.54) is 96.3 Å². The predicted octanol–water partition coefficient (Wildman–Crippen LogP) is 13.8. The van der Waals surface area contributed by atoms with Crippen molar-refractivity contribution in [1.82, 2.24) is 0 Å². The maximum atomic E-state index is 6.48. The lowest BCUT2D eigenvalue weighted by molar-refractivity contribution is 0.232. The monoisotopic (exact) mass is 752 g/mol. The molecule has 0 unspecified atom stereocenters. The van der Waals surface area contributed by atoms with Gasteiger partial charge in [0.2, 0.25) is 5.75 Å². The van der Waals surface area contributed by atoms with Crippen LogP contribution in [0.1, 0.15) is 147 Å². The van der Waals surface area contributed by atoms with Crippen molar-refractivity contribution in [2.24, 2.45) is 0 Å². The third kappa shape index (κ3) is 17.9. The molecule has 0 N–H and O–H groups in total. The first-order valence-electron chi connectivity index (χ1n) is 19.8. The van der Waals surface area contributed by atoms with Gasteiger partial charge in [-0.1, -0.05) is 145 Å². The Morgan fingerprint density at radius 1 is 0.400 bits per heavy atom. The number of rotatable bonds is 30. The van der Waals surface area contributed by atoms with Crippen LogP contribution in [0.25, 0.3) is 0 Å². The summed E-state index contributed by atoms with van der Waals surface area (Å²) < 4.78 is 32.7. The zero-order chi connectivity index (χ0) is 35.5. The zero-order valence-electron chi connectivity index (χ0n) is 31.5. The van der Waals surface area contributed by atoms with Crippen LogP contribution in [0.3, 0.4) is 0 Å². The molecule has 50 heavy (non-hydrogen) atoms. The molecule has 3 rings (SSSR count). The number of hydrogen-bond donors (Lipinski definition) is 0. The van der Waals surface area contributed by atoms with E-state index in [0.717, 1.165) is 63.6 Å². The van der Waals surface area contributed by atoms with Crippen molar-refractivity contribution < 1.29 is 23.7 Å². The lowest BCUT2D eigenvalue weighted by Gasteiger charge is -2.19. The van der Waals surface area contributed by atoms with Gasteiger partial charge in [-0.3, -0.25) is 0 Å². The number of halogens is 1. The van der Waals surface area contributed by atoms with Crippen LogP contribution in [0.2, 0.25) is 0 Å². The second kappa shape index (κ2) is 26.9. The van der Waals surface area contributed by atoms with Gasteiger partial charge in [0.05, 0.1) is 19.8 Å². The molecule has 0 saturated heterocycles. The second-order valence-electron chi connectivity index (χ2n) is 13.4. The fourth-order valence-corrected chi connectivity index (χ4v) is 6.07.